The summed E-state index contributed by atoms with van der Waals surface area (Å²) in [4.78, 5) is 29.1. The lowest BCUT2D eigenvalue weighted by Gasteiger charge is -2.16. The van der Waals surface area contributed by atoms with E-state index in [1.807, 2.05) is 50.2 Å². The molecule has 0 bridgehead atoms. The number of nitrogens with one attached hydrogen (secondary N) is 1. The highest BCUT2D eigenvalue weighted by atomic mass is 35.5. The van der Waals surface area contributed by atoms with Crippen LogP contribution in [0.2, 0.25) is 5.02 Å². The zero-order chi connectivity index (χ0) is 27.4. The van der Waals surface area contributed by atoms with Gasteiger partial charge >= 0.3 is 5.97 Å². The van der Waals surface area contributed by atoms with Crippen molar-refractivity contribution in [2.45, 2.75) is 20.8 Å². The van der Waals surface area contributed by atoms with E-state index < -0.39 is 5.97 Å². The Morgan fingerprint density at radius 3 is 2.32 bits per heavy atom. The van der Waals surface area contributed by atoms with Gasteiger partial charge in [-0.3, -0.25) is 14.6 Å². The Hall–Kier alpha value is -4.36. The maximum absolute atomic E-state index is 13.1. The van der Waals surface area contributed by atoms with Crippen molar-refractivity contribution in [2.75, 3.05) is 19.5 Å². The van der Waals surface area contributed by atoms with Gasteiger partial charge in [0.15, 0.2) is 11.5 Å². The third kappa shape index (κ3) is 5.48. The number of fused-ring (bicyclic) bond motifs is 1. The predicted molar refractivity (Wildman–Crippen MR) is 150 cm³/mol. The van der Waals surface area contributed by atoms with Gasteiger partial charge in [0, 0.05) is 29.0 Å². The molecule has 194 valence electrons. The van der Waals surface area contributed by atoms with E-state index in [-0.39, 0.29) is 11.7 Å². The molecule has 1 amide bonds. The molecule has 0 saturated heterocycles. The zero-order valence-electron chi connectivity index (χ0n) is 21.7. The van der Waals surface area contributed by atoms with Crippen LogP contribution in [0.1, 0.15) is 23.6 Å². The molecule has 38 heavy (non-hydrogen) atoms. The van der Waals surface area contributed by atoms with Crippen molar-refractivity contribution >= 4 is 46.1 Å². The van der Waals surface area contributed by atoms with Crippen molar-refractivity contribution in [2.24, 2.45) is 0 Å². The monoisotopic (exact) mass is 530 g/mol. The van der Waals surface area contributed by atoms with Crippen molar-refractivity contribution in [3.8, 4) is 28.4 Å². The van der Waals surface area contributed by atoms with Crippen LogP contribution in [-0.2, 0) is 9.59 Å². The van der Waals surface area contributed by atoms with E-state index >= 15 is 0 Å². The van der Waals surface area contributed by atoms with E-state index in [1.165, 1.54) is 27.2 Å². The molecule has 0 spiro atoms. The van der Waals surface area contributed by atoms with Crippen LogP contribution in [0.5, 0.6) is 17.2 Å². The van der Waals surface area contributed by atoms with Gasteiger partial charge in [0.25, 0.3) is 0 Å². The third-order valence-electron chi connectivity index (χ3n) is 6.05. The molecule has 1 heterocycles. The number of aryl methyl sites for hydroxylation is 2. The van der Waals surface area contributed by atoms with Crippen LogP contribution >= 0.6 is 11.6 Å². The minimum absolute atomic E-state index is 0.171. The van der Waals surface area contributed by atoms with E-state index in [9.17, 15) is 9.59 Å². The Morgan fingerprint density at radius 2 is 1.68 bits per heavy atom. The Morgan fingerprint density at radius 1 is 1.00 bits per heavy atom. The van der Waals surface area contributed by atoms with E-state index in [4.69, 9.17) is 25.8 Å². The quantitative estimate of drug-likeness (QED) is 0.161. The second-order valence-corrected chi connectivity index (χ2v) is 9.01. The van der Waals surface area contributed by atoms with Crippen molar-refractivity contribution in [3.05, 3.63) is 82.5 Å². The Balaban J connectivity index is 1.72. The SMILES string of the molecule is COc1cc(C=CC(=O)Nc2cnc3c(C)c(Cl)ccc3c2-c2ccccc2C)cc(OC)c1OC(C)=O. The number of carbonyl (C=O) groups is 2. The molecule has 7 nitrogen and oxygen atoms in total. The van der Waals surface area contributed by atoms with Crippen LogP contribution in [0.4, 0.5) is 5.69 Å². The molecular formula is C30H27ClN2O5. The number of halogens is 1. The molecule has 0 radical (unpaired) electrons. The summed E-state index contributed by atoms with van der Waals surface area (Å²) in [6, 6.07) is 15.0. The minimum Gasteiger partial charge on any atom is -0.493 e. The molecule has 0 fully saturated rings. The van der Waals surface area contributed by atoms with Gasteiger partial charge in [0.2, 0.25) is 11.7 Å². The molecular weight excluding hydrogens is 504 g/mol. The highest BCUT2D eigenvalue weighted by Crippen LogP contribution is 2.40. The van der Waals surface area contributed by atoms with E-state index in [2.05, 4.69) is 10.3 Å². The fourth-order valence-electron chi connectivity index (χ4n) is 4.21. The number of aromatic nitrogens is 1. The molecule has 0 unspecified atom stereocenters. The molecule has 0 saturated carbocycles. The van der Waals surface area contributed by atoms with E-state index in [0.717, 1.165) is 33.2 Å². The summed E-state index contributed by atoms with van der Waals surface area (Å²) in [5.74, 6) is -0.0862. The summed E-state index contributed by atoms with van der Waals surface area (Å²) in [6.07, 6.45) is 4.67. The van der Waals surface area contributed by atoms with Crippen LogP contribution in [0.25, 0.3) is 28.1 Å². The Bertz CT molecular complexity index is 1550. The van der Waals surface area contributed by atoms with Crippen LogP contribution in [-0.4, -0.2) is 31.1 Å². The van der Waals surface area contributed by atoms with E-state index in [1.54, 1.807) is 24.4 Å². The number of carbonyl (C=O) groups excluding carboxylic acids is 2. The highest BCUT2D eigenvalue weighted by Gasteiger charge is 2.18. The molecule has 8 heteroatoms. The van der Waals surface area contributed by atoms with Gasteiger partial charge in [0.05, 0.1) is 31.6 Å². The first kappa shape index (κ1) is 26.7. The average Bonchev–Trinajstić information content (AvgIpc) is 2.90. The smallest absolute Gasteiger partial charge is 0.308 e. The number of amides is 1. The van der Waals surface area contributed by atoms with Gasteiger partial charge in [-0.2, -0.15) is 0 Å². The number of esters is 1. The number of methoxy groups -OCH3 is 2. The van der Waals surface area contributed by atoms with Crippen LogP contribution in [0.3, 0.4) is 0 Å². The van der Waals surface area contributed by atoms with Gasteiger partial charge in [0.1, 0.15) is 0 Å². The van der Waals surface area contributed by atoms with Crippen molar-refractivity contribution in [1.82, 2.24) is 4.98 Å². The van der Waals surface area contributed by atoms with Crippen molar-refractivity contribution in [3.63, 3.8) is 0 Å². The van der Waals surface area contributed by atoms with Crippen molar-refractivity contribution < 1.29 is 23.8 Å². The lowest BCUT2D eigenvalue weighted by Crippen LogP contribution is -2.10. The molecule has 3 aromatic carbocycles. The first-order chi connectivity index (χ1) is 18.2. The van der Waals surface area contributed by atoms with Crippen LogP contribution < -0.4 is 19.5 Å². The Kier molecular flexibility index (Phi) is 7.98. The molecule has 0 atom stereocenters. The number of benzene rings is 3. The molecule has 0 aliphatic rings. The van der Waals surface area contributed by atoms with Gasteiger partial charge in [-0.1, -0.05) is 41.9 Å². The van der Waals surface area contributed by atoms with Gasteiger partial charge in [-0.05, 0) is 60.4 Å². The van der Waals surface area contributed by atoms with E-state index in [0.29, 0.717) is 27.8 Å². The number of nitrogens with zero attached hydrogens (tertiary/aromatic N) is 1. The largest absolute Gasteiger partial charge is 0.493 e. The number of rotatable bonds is 7. The first-order valence-electron chi connectivity index (χ1n) is 11.8. The summed E-state index contributed by atoms with van der Waals surface area (Å²) in [6.45, 7) is 5.24. The Labute approximate surface area is 226 Å². The number of hydrogen-bond acceptors (Lipinski definition) is 6. The second-order valence-electron chi connectivity index (χ2n) is 8.60. The predicted octanol–water partition coefficient (Wildman–Crippen LogP) is 6.77. The molecule has 1 aromatic heterocycles. The molecule has 0 aliphatic heterocycles. The average molecular weight is 531 g/mol. The molecule has 0 aliphatic carbocycles. The number of anilines is 1. The number of ether oxygens (including phenoxy) is 3. The molecule has 4 rings (SSSR count). The number of pyridine rings is 1. The summed E-state index contributed by atoms with van der Waals surface area (Å²) in [7, 11) is 2.91. The lowest BCUT2D eigenvalue weighted by molar-refractivity contribution is -0.132. The lowest BCUT2D eigenvalue weighted by atomic mass is 9.95. The standard InChI is InChI=1S/C30H27ClN2O5/c1-17-8-6-7-9-21(17)28-22-11-12-23(31)18(2)29(22)32-16-24(28)33-27(35)13-10-20-14-25(36-4)30(38-19(3)34)26(15-20)37-5/h6-16H,1-5H3,(H,33,35). The molecule has 1 N–H and O–H groups in total. The summed E-state index contributed by atoms with van der Waals surface area (Å²) in [5, 5.41) is 4.49. The first-order valence-corrected chi connectivity index (χ1v) is 12.2. The summed E-state index contributed by atoms with van der Waals surface area (Å²) < 4.78 is 15.9. The highest BCUT2D eigenvalue weighted by molar-refractivity contribution is 6.32. The zero-order valence-corrected chi connectivity index (χ0v) is 22.5. The maximum Gasteiger partial charge on any atom is 0.308 e. The summed E-state index contributed by atoms with van der Waals surface area (Å²) in [5.41, 5.74) is 5.74. The van der Waals surface area contributed by atoms with Crippen molar-refractivity contribution in [1.29, 1.82) is 0 Å². The van der Waals surface area contributed by atoms with Gasteiger partial charge < -0.3 is 19.5 Å². The maximum atomic E-state index is 13.1. The topological polar surface area (TPSA) is 86.8 Å². The summed E-state index contributed by atoms with van der Waals surface area (Å²) >= 11 is 6.36. The minimum atomic E-state index is -0.504. The fourth-order valence-corrected chi connectivity index (χ4v) is 4.36. The molecule has 4 aromatic rings. The van der Waals surface area contributed by atoms with Gasteiger partial charge in [-0.15, -0.1) is 0 Å². The fraction of sp³-hybridized carbons (Fsp3) is 0.167. The van der Waals surface area contributed by atoms with Crippen LogP contribution in [0.15, 0.2) is 60.8 Å². The number of hydrogen-bond donors (Lipinski definition) is 1. The normalized spacial score (nSPS) is 11.0. The third-order valence-corrected chi connectivity index (χ3v) is 6.46. The van der Waals surface area contributed by atoms with Crippen LogP contribution in [0, 0.1) is 13.8 Å². The van der Waals surface area contributed by atoms with Gasteiger partial charge in [-0.25, -0.2) is 0 Å². The second kappa shape index (κ2) is 11.4.